The summed E-state index contributed by atoms with van der Waals surface area (Å²) in [6.07, 6.45) is -7.06. The highest BCUT2D eigenvalue weighted by atomic mass is 32.2. The van der Waals surface area contributed by atoms with Crippen molar-refractivity contribution in [1.82, 2.24) is 19.3 Å². The summed E-state index contributed by atoms with van der Waals surface area (Å²) >= 11 is 0. The minimum atomic E-state index is -4.86. The van der Waals surface area contributed by atoms with Crippen LogP contribution in [0.4, 0.5) is 26.3 Å². The largest absolute Gasteiger partial charge is 0.573 e. The molecular formula is C29H22F6N4O2S. The summed E-state index contributed by atoms with van der Waals surface area (Å²) in [4.78, 5) is 4.30. The topological polar surface area (TPSA) is 61.9 Å². The molecule has 0 aliphatic rings. The van der Waals surface area contributed by atoms with Gasteiger partial charge in [0.1, 0.15) is 11.6 Å². The van der Waals surface area contributed by atoms with Gasteiger partial charge >= 0.3 is 12.5 Å². The van der Waals surface area contributed by atoms with E-state index in [4.69, 9.17) is 0 Å². The Labute approximate surface area is 238 Å². The molecule has 218 valence electrons. The van der Waals surface area contributed by atoms with Crippen LogP contribution in [0.15, 0.2) is 83.9 Å². The van der Waals surface area contributed by atoms with Crippen LogP contribution in [0.5, 0.6) is 5.75 Å². The predicted molar refractivity (Wildman–Crippen MR) is 145 cm³/mol. The summed E-state index contributed by atoms with van der Waals surface area (Å²) in [5.41, 5.74) is 2.61. The van der Waals surface area contributed by atoms with Crippen LogP contribution < -0.4 is 4.74 Å². The minimum absolute atomic E-state index is 0.0936. The Morgan fingerprint density at radius 1 is 0.857 bits per heavy atom. The molecule has 1 atom stereocenters. The van der Waals surface area contributed by atoms with Crippen LogP contribution in [-0.4, -0.2) is 36.2 Å². The van der Waals surface area contributed by atoms with Crippen LogP contribution in [0.25, 0.3) is 33.8 Å². The fraction of sp³-hybridized carbons (Fsp3) is 0.172. The fourth-order valence-electron chi connectivity index (χ4n) is 4.52. The van der Waals surface area contributed by atoms with E-state index in [9.17, 15) is 30.6 Å². The number of hydrogen-bond acceptors (Lipinski definition) is 4. The monoisotopic (exact) mass is 604 g/mol. The van der Waals surface area contributed by atoms with Crippen molar-refractivity contribution in [2.45, 2.75) is 31.3 Å². The molecule has 0 aliphatic heterocycles. The number of aryl methyl sites for hydroxylation is 2. The number of ether oxygens (including phenoxy) is 1. The zero-order valence-corrected chi connectivity index (χ0v) is 23.1. The number of nitrogens with zero attached hydrogens (tertiary/aromatic N) is 4. The van der Waals surface area contributed by atoms with Gasteiger partial charge in [-0.2, -0.15) is 18.3 Å². The lowest BCUT2D eigenvalue weighted by atomic mass is 9.99. The molecule has 0 saturated heterocycles. The van der Waals surface area contributed by atoms with Crippen molar-refractivity contribution in [2.75, 3.05) is 6.26 Å². The minimum Gasteiger partial charge on any atom is -0.406 e. The molecule has 0 spiro atoms. The highest BCUT2D eigenvalue weighted by Crippen LogP contribution is 2.37. The molecule has 1 unspecified atom stereocenters. The Morgan fingerprint density at radius 3 is 2.17 bits per heavy atom. The van der Waals surface area contributed by atoms with Crippen molar-refractivity contribution in [1.29, 1.82) is 0 Å². The number of rotatable bonds is 6. The van der Waals surface area contributed by atoms with Crippen LogP contribution in [0, 0.1) is 13.8 Å². The zero-order chi connectivity index (χ0) is 30.4. The van der Waals surface area contributed by atoms with E-state index < -0.39 is 34.8 Å². The smallest absolute Gasteiger partial charge is 0.406 e. The van der Waals surface area contributed by atoms with Crippen molar-refractivity contribution in [3.8, 4) is 39.5 Å². The third-order valence-corrected chi connectivity index (χ3v) is 7.27. The highest BCUT2D eigenvalue weighted by Gasteiger charge is 2.35. The first-order chi connectivity index (χ1) is 19.7. The van der Waals surface area contributed by atoms with E-state index in [1.54, 1.807) is 55.6 Å². The predicted octanol–water partition coefficient (Wildman–Crippen LogP) is 7.66. The summed E-state index contributed by atoms with van der Waals surface area (Å²) in [7, 11) is -1.24. The first-order valence-corrected chi connectivity index (χ1v) is 13.9. The lowest BCUT2D eigenvalue weighted by Crippen LogP contribution is -2.17. The van der Waals surface area contributed by atoms with E-state index in [0.717, 1.165) is 23.9 Å². The molecule has 0 bridgehead atoms. The molecule has 5 aromatic rings. The van der Waals surface area contributed by atoms with Gasteiger partial charge in [0, 0.05) is 33.7 Å². The number of alkyl halides is 6. The van der Waals surface area contributed by atoms with Crippen molar-refractivity contribution < 1.29 is 35.3 Å². The number of hydrogen-bond donors (Lipinski definition) is 0. The standard InChI is InChI=1S/C29H22F6N4O2S/c1-17-13-26(39(37-17)21-8-10-22(11-9-21)41-29(33,34)35)24-15-20(19-5-4-6-23(14-19)42(3)40)7-12-25(24)38-16-27(28(30,31)32)36-18(38)2/h4-16H,1-3H3. The van der Waals surface area contributed by atoms with Gasteiger partial charge in [-0.05, 0) is 79.6 Å². The molecule has 2 aromatic heterocycles. The second-order valence-electron chi connectivity index (χ2n) is 9.38. The summed E-state index contributed by atoms with van der Waals surface area (Å²) in [5.74, 6) is -0.322. The van der Waals surface area contributed by atoms with Gasteiger partial charge in [0.25, 0.3) is 0 Å². The average molecular weight is 605 g/mol. The number of halogens is 6. The molecule has 3 aromatic carbocycles. The second kappa shape index (κ2) is 10.8. The normalized spacial score (nSPS) is 12.9. The zero-order valence-electron chi connectivity index (χ0n) is 22.3. The maximum atomic E-state index is 13.5. The SMILES string of the molecule is Cc1cc(-c2cc(-c3cccc(S(C)=O)c3)ccc2-n2cc(C(F)(F)F)nc2C)n(-c2ccc(OC(F)(F)F)cc2)n1. The molecule has 0 aliphatic carbocycles. The van der Waals surface area contributed by atoms with E-state index in [-0.39, 0.29) is 5.82 Å². The Balaban J connectivity index is 1.71. The van der Waals surface area contributed by atoms with Gasteiger partial charge in [0.2, 0.25) is 0 Å². The van der Waals surface area contributed by atoms with Crippen LogP contribution in [-0.2, 0) is 17.0 Å². The van der Waals surface area contributed by atoms with Gasteiger partial charge in [-0.1, -0.05) is 18.2 Å². The van der Waals surface area contributed by atoms with Crippen molar-refractivity contribution in [3.63, 3.8) is 0 Å². The van der Waals surface area contributed by atoms with E-state index in [1.165, 1.54) is 28.3 Å². The Bertz CT molecular complexity index is 1790. The van der Waals surface area contributed by atoms with Gasteiger partial charge in [-0.25, -0.2) is 9.67 Å². The van der Waals surface area contributed by atoms with E-state index >= 15 is 0 Å². The molecule has 0 amide bonds. The summed E-state index contributed by atoms with van der Waals surface area (Å²) in [6.45, 7) is 3.17. The maximum Gasteiger partial charge on any atom is 0.573 e. The van der Waals surface area contributed by atoms with Crippen molar-refractivity contribution in [2.24, 2.45) is 0 Å². The molecule has 2 heterocycles. The summed E-state index contributed by atoms with van der Waals surface area (Å²) < 4.78 is 97.5. The van der Waals surface area contributed by atoms with E-state index in [1.807, 2.05) is 6.07 Å². The lowest BCUT2D eigenvalue weighted by Gasteiger charge is -2.16. The molecular weight excluding hydrogens is 582 g/mol. The molecule has 0 fully saturated rings. The van der Waals surface area contributed by atoms with Gasteiger partial charge in [0.05, 0.1) is 22.8 Å². The van der Waals surface area contributed by atoms with Crippen LogP contribution in [0.1, 0.15) is 17.2 Å². The molecule has 5 rings (SSSR count). The van der Waals surface area contributed by atoms with Gasteiger partial charge in [-0.15, -0.1) is 13.2 Å². The molecule has 0 saturated carbocycles. The summed E-state index contributed by atoms with van der Waals surface area (Å²) in [5, 5.41) is 4.51. The first-order valence-electron chi connectivity index (χ1n) is 12.3. The number of aromatic nitrogens is 4. The van der Waals surface area contributed by atoms with Gasteiger partial charge in [0.15, 0.2) is 5.69 Å². The quantitative estimate of drug-likeness (QED) is 0.187. The third-order valence-electron chi connectivity index (χ3n) is 6.35. The lowest BCUT2D eigenvalue weighted by molar-refractivity contribution is -0.274. The van der Waals surface area contributed by atoms with Crippen molar-refractivity contribution in [3.05, 3.63) is 96.2 Å². The average Bonchev–Trinajstić information content (AvgIpc) is 3.50. The Hall–Kier alpha value is -4.39. The molecule has 13 heteroatoms. The Morgan fingerprint density at radius 2 is 1.55 bits per heavy atom. The van der Waals surface area contributed by atoms with E-state index in [2.05, 4.69) is 14.8 Å². The van der Waals surface area contributed by atoms with Crippen LogP contribution in [0.3, 0.4) is 0 Å². The number of imidazole rings is 1. The van der Waals surface area contributed by atoms with Crippen LogP contribution in [0.2, 0.25) is 0 Å². The first kappa shape index (κ1) is 29.1. The fourth-order valence-corrected chi connectivity index (χ4v) is 5.08. The maximum absolute atomic E-state index is 13.5. The molecule has 6 nitrogen and oxygen atoms in total. The van der Waals surface area contributed by atoms with Gasteiger partial charge < -0.3 is 9.30 Å². The Kier molecular flexibility index (Phi) is 7.48. The van der Waals surface area contributed by atoms with Crippen molar-refractivity contribution >= 4 is 10.8 Å². The van der Waals surface area contributed by atoms with Gasteiger partial charge in [-0.3, -0.25) is 4.21 Å². The van der Waals surface area contributed by atoms with Crippen LogP contribution >= 0.6 is 0 Å². The molecule has 0 radical (unpaired) electrons. The summed E-state index contributed by atoms with van der Waals surface area (Å²) in [6, 6.07) is 19.0. The number of benzene rings is 3. The highest BCUT2D eigenvalue weighted by molar-refractivity contribution is 7.84. The third kappa shape index (κ3) is 6.10. The molecule has 42 heavy (non-hydrogen) atoms. The van der Waals surface area contributed by atoms with E-state index in [0.29, 0.717) is 38.8 Å². The second-order valence-corrected chi connectivity index (χ2v) is 10.8. The molecule has 0 N–H and O–H groups in total.